The van der Waals surface area contributed by atoms with Crippen LogP contribution in [0.4, 0.5) is 0 Å². The van der Waals surface area contributed by atoms with E-state index in [0.717, 1.165) is 36.1 Å². The predicted octanol–water partition coefficient (Wildman–Crippen LogP) is 1.54. The van der Waals surface area contributed by atoms with Gasteiger partial charge in [0, 0.05) is 30.4 Å². The number of esters is 2. The summed E-state index contributed by atoms with van der Waals surface area (Å²) in [4.78, 5) is 37.2. The third kappa shape index (κ3) is 4.59. The number of aromatic nitrogens is 1. The topological polar surface area (TPSA) is 84.3 Å². The van der Waals surface area contributed by atoms with Gasteiger partial charge in [-0.15, -0.1) is 11.3 Å². The van der Waals surface area contributed by atoms with Crippen molar-refractivity contribution >= 4 is 29.1 Å². The molecule has 0 radical (unpaired) electrons. The molecule has 0 bridgehead atoms. The molecule has 0 amide bonds. The molecule has 1 atom stereocenters. The number of allylic oxidation sites excluding steroid dienone is 1. The average Bonchev–Trinajstić information content (AvgIpc) is 3.30. The quantitative estimate of drug-likeness (QED) is 0.606. The van der Waals surface area contributed by atoms with E-state index >= 15 is 0 Å². The third-order valence-corrected chi connectivity index (χ3v) is 5.43. The number of thiazole rings is 1. The van der Waals surface area contributed by atoms with Gasteiger partial charge in [0.1, 0.15) is 0 Å². The number of hydrogen-bond acceptors (Lipinski definition) is 9. The SMILES string of the molecule is CCOC(=O)CN(C)CC1CC2=C(C(=O)OCC)CN=C(c3nccs3)N2C1. The molecule has 152 valence electrons. The Bertz CT molecular complexity index is 775. The number of hydrogen-bond donors (Lipinski definition) is 0. The largest absolute Gasteiger partial charge is 0.465 e. The Hall–Kier alpha value is -2.26. The van der Waals surface area contributed by atoms with Gasteiger partial charge in [-0.3, -0.25) is 14.7 Å². The van der Waals surface area contributed by atoms with Crippen LogP contribution in [0.25, 0.3) is 0 Å². The maximum Gasteiger partial charge on any atom is 0.337 e. The van der Waals surface area contributed by atoms with Crippen molar-refractivity contribution in [3.63, 3.8) is 0 Å². The summed E-state index contributed by atoms with van der Waals surface area (Å²) in [5.74, 6) is 0.554. The van der Waals surface area contributed by atoms with Crippen LogP contribution in [0.1, 0.15) is 25.3 Å². The molecule has 1 saturated heterocycles. The van der Waals surface area contributed by atoms with Gasteiger partial charge in [-0.05, 0) is 33.2 Å². The highest BCUT2D eigenvalue weighted by Gasteiger charge is 2.38. The molecule has 28 heavy (non-hydrogen) atoms. The number of fused-ring (bicyclic) bond motifs is 1. The van der Waals surface area contributed by atoms with E-state index in [9.17, 15) is 9.59 Å². The summed E-state index contributed by atoms with van der Waals surface area (Å²) in [5.41, 5.74) is 1.59. The van der Waals surface area contributed by atoms with Crippen LogP contribution in [0.15, 0.2) is 27.8 Å². The Morgan fingerprint density at radius 2 is 2.11 bits per heavy atom. The van der Waals surface area contributed by atoms with Crippen LogP contribution < -0.4 is 0 Å². The van der Waals surface area contributed by atoms with Crippen LogP contribution in [-0.4, -0.2) is 79.0 Å². The first-order chi connectivity index (χ1) is 13.5. The first kappa shape index (κ1) is 20.5. The maximum atomic E-state index is 12.4. The van der Waals surface area contributed by atoms with Gasteiger partial charge in [0.2, 0.25) is 0 Å². The lowest BCUT2D eigenvalue weighted by Crippen LogP contribution is -2.36. The van der Waals surface area contributed by atoms with Crippen LogP contribution >= 0.6 is 11.3 Å². The first-order valence-corrected chi connectivity index (χ1v) is 10.4. The molecule has 9 heteroatoms. The summed E-state index contributed by atoms with van der Waals surface area (Å²) in [7, 11) is 1.91. The molecule has 3 rings (SSSR count). The number of ether oxygens (including phenoxy) is 2. The lowest BCUT2D eigenvalue weighted by Gasteiger charge is -2.27. The zero-order valence-electron chi connectivity index (χ0n) is 16.5. The van der Waals surface area contributed by atoms with E-state index in [1.54, 1.807) is 20.0 Å². The number of carbonyl (C=O) groups excluding carboxylic acids is 2. The van der Waals surface area contributed by atoms with Crippen molar-refractivity contribution in [2.24, 2.45) is 10.9 Å². The van der Waals surface area contributed by atoms with Crippen LogP contribution in [0.3, 0.4) is 0 Å². The highest BCUT2D eigenvalue weighted by molar-refractivity contribution is 7.11. The number of likely N-dealkylation sites (N-methyl/N-ethyl adjacent to an activating group) is 1. The first-order valence-electron chi connectivity index (χ1n) is 9.48. The van der Waals surface area contributed by atoms with Gasteiger partial charge in [-0.25, -0.2) is 9.78 Å². The second-order valence-electron chi connectivity index (χ2n) is 6.81. The minimum absolute atomic E-state index is 0.225. The Kier molecular flexibility index (Phi) is 6.79. The number of rotatable bonds is 8. The number of nitrogens with zero attached hydrogens (tertiary/aromatic N) is 4. The van der Waals surface area contributed by atoms with Crippen molar-refractivity contribution in [1.82, 2.24) is 14.8 Å². The fourth-order valence-corrected chi connectivity index (χ4v) is 4.27. The van der Waals surface area contributed by atoms with Crippen molar-refractivity contribution < 1.29 is 19.1 Å². The summed E-state index contributed by atoms with van der Waals surface area (Å²) in [6, 6.07) is 0. The summed E-state index contributed by atoms with van der Waals surface area (Å²) in [6.45, 7) is 6.33. The number of aliphatic imine (C=N–C) groups is 1. The molecular formula is C19H26N4O4S. The fourth-order valence-electron chi connectivity index (χ4n) is 3.62. The summed E-state index contributed by atoms with van der Waals surface area (Å²) in [6.07, 6.45) is 2.50. The monoisotopic (exact) mass is 406 g/mol. The lowest BCUT2D eigenvalue weighted by atomic mass is 10.0. The molecule has 1 aromatic rings. The molecule has 1 aromatic heterocycles. The Labute approximate surface area is 168 Å². The minimum atomic E-state index is -0.301. The van der Waals surface area contributed by atoms with Gasteiger partial charge < -0.3 is 14.4 Å². The average molecular weight is 407 g/mol. The molecule has 0 N–H and O–H groups in total. The van der Waals surface area contributed by atoms with Crippen molar-refractivity contribution in [2.75, 3.05) is 46.4 Å². The van der Waals surface area contributed by atoms with Crippen LogP contribution in [-0.2, 0) is 19.1 Å². The van der Waals surface area contributed by atoms with Crippen molar-refractivity contribution in [3.8, 4) is 0 Å². The summed E-state index contributed by atoms with van der Waals surface area (Å²) in [5, 5.41) is 2.77. The summed E-state index contributed by atoms with van der Waals surface area (Å²) < 4.78 is 10.3. The molecule has 1 fully saturated rings. The van der Waals surface area contributed by atoms with Gasteiger partial charge in [-0.2, -0.15) is 0 Å². The van der Waals surface area contributed by atoms with E-state index < -0.39 is 0 Å². The number of carbonyl (C=O) groups is 2. The van der Waals surface area contributed by atoms with Crippen molar-refractivity contribution in [2.45, 2.75) is 20.3 Å². The zero-order valence-corrected chi connectivity index (χ0v) is 17.3. The standard InChI is InChI=1S/C19H26N4O4S/c1-4-26-16(24)12-22(3)10-13-8-15-14(19(25)27-5-2)9-21-17(23(15)11-13)18-20-6-7-28-18/h6-7,13H,4-5,8-12H2,1-3H3. The zero-order chi connectivity index (χ0) is 20.1. The Morgan fingerprint density at radius 1 is 1.32 bits per heavy atom. The van der Waals surface area contributed by atoms with Gasteiger partial charge in [0.15, 0.2) is 10.8 Å². The molecule has 2 aliphatic heterocycles. The molecule has 8 nitrogen and oxygen atoms in total. The van der Waals surface area contributed by atoms with Gasteiger partial charge in [-0.1, -0.05) is 0 Å². The minimum Gasteiger partial charge on any atom is -0.465 e. The van der Waals surface area contributed by atoms with Gasteiger partial charge >= 0.3 is 11.9 Å². The van der Waals surface area contributed by atoms with E-state index in [2.05, 4.69) is 14.9 Å². The maximum absolute atomic E-state index is 12.4. The van der Waals surface area contributed by atoms with Crippen LogP contribution in [0, 0.1) is 5.92 Å². The Morgan fingerprint density at radius 3 is 2.79 bits per heavy atom. The molecule has 0 aromatic carbocycles. The lowest BCUT2D eigenvalue weighted by molar-refractivity contribution is -0.144. The molecular weight excluding hydrogens is 380 g/mol. The van der Waals surface area contributed by atoms with E-state index in [4.69, 9.17) is 9.47 Å². The molecule has 3 heterocycles. The van der Waals surface area contributed by atoms with Gasteiger partial charge in [0.05, 0.1) is 31.9 Å². The third-order valence-electron chi connectivity index (χ3n) is 4.66. The smallest absolute Gasteiger partial charge is 0.337 e. The van der Waals surface area contributed by atoms with Crippen molar-refractivity contribution in [1.29, 1.82) is 0 Å². The normalized spacial score (nSPS) is 18.9. The molecule has 0 aliphatic carbocycles. The van der Waals surface area contributed by atoms with Gasteiger partial charge in [0.25, 0.3) is 0 Å². The molecule has 0 saturated carbocycles. The molecule has 2 aliphatic rings. The molecule has 0 spiro atoms. The Balaban J connectivity index is 1.76. The fraction of sp³-hybridized carbons (Fsp3) is 0.579. The summed E-state index contributed by atoms with van der Waals surface area (Å²) >= 11 is 1.53. The second kappa shape index (κ2) is 9.29. The molecule has 1 unspecified atom stereocenters. The van der Waals surface area contributed by atoms with E-state index in [1.165, 1.54) is 11.3 Å². The number of amidine groups is 1. The van der Waals surface area contributed by atoms with E-state index in [1.807, 2.05) is 17.3 Å². The highest BCUT2D eigenvalue weighted by Crippen LogP contribution is 2.34. The van der Waals surface area contributed by atoms with Crippen molar-refractivity contribution in [3.05, 3.63) is 27.9 Å². The van der Waals surface area contributed by atoms with E-state index in [-0.39, 0.29) is 24.4 Å². The van der Waals surface area contributed by atoms with Crippen LogP contribution in [0.5, 0.6) is 0 Å². The van der Waals surface area contributed by atoms with Crippen LogP contribution in [0.2, 0.25) is 0 Å². The predicted molar refractivity (Wildman–Crippen MR) is 106 cm³/mol. The highest BCUT2D eigenvalue weighted by atomic mass is 32.1. The second-order valence-corrected chi connectivity index (χ2v) is 7.70. The van der Waals surface area contributed by atoms with E-state index in [0.29, 0.717) is 25.3 Å².